The van der Waals surface area contributed by atoms with Crippen LogP contribution in [0.4, 0.5) is 5.82 Å². The van der Waals surface area contributed by atoms with Gasteiger partial charge in [0, 0.05) is 40.0 Å². The van der Waals surface area contributed by atoms with Crippen molar-refractivity contribution in [3.05, 3.63) is 59.8 Å². The third kappa shape index (κ3) is 5.53. The van der Waals surface area contributed by atoms with Gasteiger partial charge in [-0.05, 0) is 24.1 Å². The molecule has 2 aromatic rings. The number of carbonyl (C=O) groups is 1. The Morgan fingerprint density at radius 2 is 2.03 bits per heavy atom. The van der Waals surface area contributed by atoms with Crippen LogP contribution in [0.3, 0.4) is 0 Å². The van der Waals surface area contributed by atoms with Gasteiger partial charge in [0.25, 0.3) is 0 Å². The lowest BCUT2D eigenvalue weighted by Crippen LogP contribution is -2.36. The van der Waals surface area contributed by atoms with E-state index in [1.807, 2.05) is 19.2 Å². The van der Waals surface area contributed by atoms with E-state index in [-0.39, 0.29) is 18.1 Å². The van der Waals surface area contributed by atoms with E-state index in [9.17, 15) is 4.79 Å². The molecule has 0 bridgehead atoms. The van der Waals surface area contributed by atoms with Crippen molar-refractivity contribution >= 4 is 11.8 Å². The number of carbonyl (C=O) groups excluding carboxylic acids is 1. The molecule has 1 aliphatic rings. The Labute approximate surface area is 172 Å². The van der Waals surface area contributed by atoms with Crippen LogP contribution in [-0.4, -0.2) is 69.7 Å². The maximum absolute atomic E-state index is 11.7. The Hall–Kier alpha value is -2.48. The molecule has 7 heteroatoms. The van der Waals surface area contributed by atoms with Gasteiger partial charge in [0.15, 0.2) is 0 Å². The van der Waals surface area contributed by atoms with Gasteiger partial charge in [0.2, 0.25) is 0 Å². The molecule has 156 valence electrons. The van der Waals surface area contributed by atoms with E-state index in [0.717, 1.165) is 31.9 Å². The first-order valence-corrected chi connectivity index (χ1v) is 9.77. The summed E-state index contributed by atoms with van der Waals surface area (Å²) in [6.45, 7) is 3.06. The summed E-state index contributed by atoms with van der Waals surface area (Å²) < 4.78 is 15.5. The van der Waals surface area contributed by atoms with Crippen LogP contribution in [-0.2, 0) is 14.2 Å². The number of hydrogen-bond acceptors (Lipinski definition) is 7. The van der Waals surface area contributed by atoms with Crippen LogP contribution in [0.1, 0.15) is 28.4 Å². The monoisotopic (exact) mass is 399 g/mol. The predicted molar refractivity (Wildman–Crippen MR) is 111 cm³/mol. The van der Waals surface area contributed by atoms with Gasteiger partial charge in [-0.3, -0.25) is 4.90 Å². The van der Waals surface area contributed by atoms with E-state index in [4.69, 9.17) is 14.2 Å². The molecule has 1 aromatic carbocycles. The van der Waals surface area contributed by atoms with Crippen molar-refractivity contribution in [2.45, 2.75) is 18.6 Å². The number of anilines is 1. The van der Waals surface area contributed by atoms with E-state index in [1.54, 1.807) is 19.4 Å². The Balaban J connectivity index is 1.74. The van der Waals surface area contributed by atoms with Crippen LogP contribution in [0.15, 0.2) is 48.7 Å². The van der Waals surface area contributed by atoms with E-state index in [1.165, 1.54) is 12.7 Å². The molecule has 2 unspecified atom stereocenters. The molecular weight excluding hydrogens is 370 g/mol. The largest absolute Gasteiger partial charge is 0.465 e. The van der Waals surface area contributed by atoms with Crippen molar-refractivity contribution in [2.75, 3.05) is 52.6 Å². The first kappa shape index (κ1) is 21.2. The van der Waals surface area contributed by atoms with Crippen molar-refractivity contribution in [1.29, 1.82) is 0 Å². The number of nitrogens with zero attached hydrogens (tertiary/aromatic N) is 3. The van der Waals surface area contributed by atoms with Gasteiger partial charge < -0.3 is 19.1 Å². The number of hydrogen-bond donors (Lipinski definition) is 0. The lowest BCUT2D eigenvalue weighted by Gasteiger charge is -2.33. The summed E-state index contributed by atoms with van der Waals surface area (Å²) in [5.41, 5.74) is 1.66. The molecule has 3 rings (SSSR count). The van der Waals surface area contributed by atoms with Crippen LogP contribution in [0.2, 0.25) is 0 Å². The third-order valence-electron chi connectivity index (χ3n) is 5.26. The molecule has 1 fully saturated rings. The molecule has 29 heavy (non-hydrogen) atoms. The highest BCUT2D eigenvalue weighted by Gasteiger charge is 2.28. The average molecular weight is 399 g/mol. The number of likely N-dealkylation sites (tertiary alicyclic amines) is 1. The van der Waals surface area contributed by atoms with Crippen molar-refractivity contribution < 1.29 is 19.0 Å². The smallest absolute Gasteiger partial charge is 0.339 e. The van der Waals surface area contributed by atoms with E-state index >= 15 is 0 Å². The zero-order valence-electron chi connectivity index (χ0n) is 17.3. The number of rotatable bonds is 9. The number of esters is 1. The van der Waals surface area contributed by atoms with Crippen LogP contribution in [0, 0.1) is 0 Å². The fraction of sp³-hybridized carbons (Fsp3) is 0.455. The second-order valence-electron chi connectivity index (χ2n) is 7.18. The van der Waals surface area contributed by atoms with Crippen molar-refractivity contribution in [3.63, 3.8) is 0 Å². The normalized spacial score (nSPS) is 17.8. The SMILES string of the molecule is COCOC1CCN(CC(c2ccccc2)N(C)c2ccc(C(=O)OC)cn2)C1. The summed E-state index contributed by atoms with van der Waals surface area (Å²) in [5.74, 6) is 0.420. The number of ether oxygens (including phenoxy) is 3. The molecule has 0 amide bonds. The van der Waals surface area contributed by atoms with E-state index in [0.29, 0.717) is 12.4 Å². The van der Waals surface area contributed by atoms with Gasteiger partial charge in [-0.1, -0.05) is 30.3 Å². The van der Waals surface area contributed by atoms with Crippen LogP contribution in [0.25, 0.3) is 0 Å². The van der Waals surface area contributed by atoms with Crippen molar-refractivity contribution in [3.8, 4) is 0 Å². The van der Waals surface area contributed by atoms with E-state index in [2.05, 4.69) is 39.0 Å². The summed E-state index contributed by atoms with van der Waals surface area (Å²) >= 11 is 0. The highest BCUT2D eigenvalue weighted by molar-refractivity contribution is 5.89. The summed E-state index contributed by atoms with van der Waals surface area (Å²) in [6.07, 6.45) is 2.76. The quantitative estimate of drug-likeness (QED) is 0.474. The number of benzene rings is 1. The first-order valence-electron chi connectivity index (χ1n) is 9.77. The number of pyridine rings is 1. The second-order valence-corrected chi connectivity index (χ2v) is 7.18. The average Bonchev–Trinajstić information content (AvgIpc) is 3.23. The minimum absolute atomic E-state index is 0.119. The Kier molecular flexibility index (Phi) is 7.57. The van der Waals surface area contributed by atoms with Crippen LogP contribution in [0.5, 0.6) is 0 Å². The number of likely N-dealkylation sites (N-methyl/N-ethyl adjacent to an activating group) is 1. The van der Waals surface area contributed by atoms with Crippen molar-refractivity contribution in [1.82, 2.24) is 9.88 Å². The molecule has 0 saturated carbocycles. The highest BCUT2D eigenvalue weighted by Crippen LogP contribution is 2.27. The minimum atomic E-state index is -0.384. The number of methoxy groups -OCH3 is 2. The topological polar surface area (TPSA) is 64.1 Å². The number of aromatic nitrogens is 1. The lowest BCUT2D eigenvalue weighted by atomic mass is 10.0. The summed E-state index contributed by atoms with van der Waals surface area (Å²) in [5, 5.41) is 0. The van der Waals surface area contributed by atoms with Gasteiger partial charge >= 0.3 is 5.97 Å². The zero-order chi connectivity index (χ0) is 20.6. The highest BCUT2D eigenvalue weighted by atomic mass is 16.7. The van der Waals surface area contributed by atoms with Crippen LogP contribution < -0.4 is 4.90 Å². The Bertz CT molecular complexity index is 769. The molecule has 1 saturated heterocycles. The molecule has 0 radical (unpaired) electrons. The maximum Gasteiger partial charge on any atom is 0.339 e. The second kappa shape index (κ2) is 10.3. The van der Waals surface area contributed by atoms with E-state index < -0.39 is 0 Å². The van der Waals surface area contributed by atoms with Gasteiger partial charge in [-0.25, -0.2) is 9.78 Å². The Morgan fingerprint density at radius 3 is 2.69 bits per heavy atom. The van der Waals surface area contributed by atoms with Crippen molar-refractivity contribution in [2.24, 2.45) is 0 Å². The molecule has 7 nitrogen and oxygen atoms in total. The fourth-order valence-electron chi connectivity index (χ4n) is 3.63. The molecule has 1 aromatic heterocycles. The van der Waals surface area contributed by atoms with Crippen LogP contribution >= 0.6 is 0 Å². The van der Waals surface area contributed by atoms with Gasteiger partial charge in [-0.15, -0.1) is 0 Å². The summed E-state index contributed by atoms with van der Waals surface area (Å²) in [7, 11) is 5.05. The summed E-state index contributed by atoms with van der Waals surface area (Å²) in [6, 6.07) is 14.1. The molecule has 0 spiro atoms. The molecule has 2 heterocycles. The zero-order valence-corrected chi connectivity index (χ0v) is 17.3. The summed E-state index contributed by atoms with van der Waals surface area (Å²) in [4.78, 5) is 20.7. The van der Waals surface area contributed by atoms with Gasteiger partial charge in [0.1, 0.15) is 12.6 Å². The first-order chi connectivity index (χ1) is 14.1. The van der Waals surface area contributed by atoms with Gasteiger partial charge in [-0.2, -0.15) is 0 Å². The standard InChI is InChI=1S/C22H29N3O4/c1-24(21-10-9-18(13-23-21)22(26)28-3)20(17-7-5-4-6-8-17)15-25-12-11-19(14-25)29-16-27-2/h4-10,13,19-20H,11-12,14-16H2,1-3H3. The third-order valence-corrected chi connectivity index (χ3v) is 5.26. The minimum Gasteiger partial charge on any atom is -0.465 e. The lowest BCUT2D eigenvalue weighted by molar-refractivity contribution is -0.0671. The van der Waals surface area contributed by atoms with Gasteiger partial charge in [0.05, 0.1) is 24.8 Å². The molecule has 0 N–H and O–H groups in total. The fourth-order valence-corrected chi connectivity index (χ4v) is 3.63. The molecule has 0 aliphatic carbocycles. The maximum atomic E-state index is 11.7. The predicted octanol–water partition coefficient (Wildman–Crippen LogP) is 2.74. The molecule has 1 aliphatic heterocycles. The Morgan fingerprint density at radius 1 is 1.24 bits per heavy atom. The molecular formula is C22H29N3O4. The molecule has 2 atom stereocenters.